The Hall–Kier alpha value is -0.610. The molecule has 0 aromatic heterocycles. The molecule has 0 spiro atoms. The molecule has 0 saturated heterocycles. The van der Waals surface area contributed by atoms with Crippen molar-refractivity contribution in [2.75, 3.05) is 0 Å². The maximum absolute atomic E-state index is 13.2. The maximum Gasteiger partial charge on any atom is 0.141 e. The van der Waals surface area contributed by atoms with E-state index < -0.39 is 6.10 Å². The summed E-state index contributed by atoms with van der Waals surface area (Å²) in [5.41, 5.74) is 0. The Balaban J connectivity index is 2.07. The average Bonchev–Trinajstić information content (AvgIpc) is 2.59. The van der Waals surface area contributed by atoms with Crippen LogP contribution < -0.4 is 4.74 Å². The van der Waals surface area contributed by atoms with Gasteiger partial charge in [0.25, 0.3) is 0 Å². The van der Waals surface area contributed by atoms with E-state index in [1.807, 2.05) is 0 Å². The Labute approximate surface area is 96.2 Å². The van der Waals surface area contributed by atoms with Gasteiger partial charge in [-0.25, -0.2) is 4.39 Å². The van der Waals surface area contributed by atoms with E-state index in [0.29, 0.717) is 10.2 Å². The lowest BCUT2D eigenvalue weighted by Gasteiger charge is -2.17. The summed E-state index contributed by atoms with van der Waals surface area (Å²) >= 11 is 3.07. The maximum atomic E-state index is 13.2. The normalized spacial score (nSPS) is 25.5. The molecule has 1 saturated carbocycles. The van der Waals surface area contributed by atoms with Crippen LogP contribution in [-0.2, 0) is 0 Å². The van der Waals surface area contributed by atoms with E-state index in [-0.39, 0.29) is 11.9 Å². The van der Waals surface area contributed by atoms with Gasteiger partial charge in [0, 0.05) is 6.07 Å². The Morgan fingerprint density at radius 1 is 1.40 bits per heavy atom. The van der Waals surface area contributed by atoms with Crippen LogP contribution in [0.3, 0.4) is 0 Å². The van der Waals surface area contributed by atoms with Gasteiger partial charge in [0.05, 0.1) is 10.6 Å². The second kappa shape index (κ2) is 4.49. The number of benzene rings is 1. The summed E-state index contributed by atoms with van der Waals surface area (Å²) in [5.74, 6) is 0.127. The third-order valence-corrected chi connectivity index (χ3v) is 3.24. The number of halogens is 2. The van der Waals surface area contributed by atoms with Crippen LogP contribution in [0.5, 0.6) is 5.75 Å². The van der Waals surface area contributed by atoms with Gasteiger partial charge in [-0.15, -0.1) is 0 Å². The molecule has 2 unspecified atom stereocenters. The molecule has 15 heavy (non-hydrogen) atoms. The number of rotatable bonds is 2. The molecule has 0 amide bonds. The fraction of sp³-hybridized carbons (Fsp3) is 0.455. The zero-order valence-corrected chi connectivity index (χ0v) is 9.71. The zero-order chi connectivity index (χ0) is 10.8. The Morgan fingerprint density at radius 2 is 2.20 bits per heavy atom. The van der Waals surface area contributed by atoms with Crippen molar-refractivity contribution in [3.63, 3.8) is 0 Å². The Morgan fingerprint density at radius 3 is 2.80 bits per heavy atom. The largest absolute Gasteiger partial charge is 0.488 e. The summed E-state index contributed by atoms with van der Waals surface area (Å²) in [6, 6.07) is 4.62. The van der Waals surface area contributed by atoms with Gasteiger partial charge in [-0.1, -0.05) is 0 Å². The van der Waals surface area contributed by atoms with E-state index in [1.165, 1.54) is 6.07 Å². The molecule has 1 fully saturated rings. The van der Waals surface area contributed by atoms with E-state index in [9.17, 15) is 9.50 Å². The molecule has 82 valence electrons. The van der Waals surface area contributed by atoms with Crippen LogP contribution in [0.4, 0.5) is 4.39 Å². The first-order valence-corrected chi connectivity index (χ1v) is 5.76. The molecule has 2 rings (SSSR count). The smallest absolute Gasteiger partial charge is 0.141 e. The van der Waals surface area contributed by atoms with E-state index in [1.54, 1.807) is 12.1 Å². The van der Waals surface area contributed by atoms with E-state index in [0.717, 1.165) is 19.3 Å². The fourth-order valence-electron chi connectivity index (χ4n) is 1.77. The quantitative estimate of drug-likeness (QED) is 0.899. The molecular formula is C11H12BrFO2. The molecule has 0 bridgehead atoms. The highest BCUT2D eigenvalue weighted by molar-refractivity contribution is 9.10. The molecule has 1 aromatic rings. The van der Waals surface area contributed by atoms with Crippen molar-refractivity contribution < 1.29 is 14.2 Å². The zero-order valence-electron chi connectivity index (χ0n) is 8.12. The second-order valence-corrected chi connectivity index (χ2v) is 4.58. The van der Waals surface area contributed by atoms with Crippen molar-refractivity contribution in [2.24, 2.45) is 0 Å². The molecule has 0 aliphatic heterocycles. The summed E-state index contributed by atoms with van der Waals surface area (Å²) in [6.07, 6.45) is 1.95. The molecule has 2 atom stereocenters. The third-order valence-electron chi connectivity index (χ3n) is 2.60. The number of aliphatic hydroxyl groups is 1. The molecule has 1 aliphatic rings. The van der Waals surface area contributed by atoms with Gasteiger partial charge in [-0.3, -0.25) is 0 Å². The summed E-state index contributed by atoms with van der Waals surface area (Å²) in [7, 11) is 0. The van der Waals surface area contributed by atoms with E-state index in [2.05, 4.69) is 15.9 Å². The summed E-state index contributed by atoms with van der Waals surface area (Å²) in [4.78, 5) is 0. The second-order valence-electron chi connectivity index (χ2n) is 3.73. The first-order chi connectivity index (χ1) is 7.16. The van der Waals surface area contributed by atoms with Crippen LogP contribution in [-0.4, -0.2) is 17.3 Å². The third kappa shape index (κ3) is 2.49. The molecule has 1 aromatic carbocycles. The van der Waals surface area contributed by atoms with Gasteiger partial charge in [-0.2, -0.15) is 0 Å². The van der Waals surface area contributed by atoms with Crippen LogP contribution >= 0.6 is 15.9 Å². The van der Waals surface area contributed by atoms with Gasteiger partial charge in [0.2, 0.25) is 0 Å². The first kappa shape index (κ1) is 10.9. The first-order valence-electron chi connectivity index (χ1n) is 4.96. The highest BCUT2D eigenvalue weighted by Gasteiger charge is 2.26. The molecule has 1 aliphatic carbocycles. The number of hydrogen-bond acceptors (Lipinski definition) is 2. The summed E-state index contributed by atoms with van der Waals surface area (Å²) in [6.45, 7) is 0. The minimum atomic E-state index is -0.420. The van der Waals surface area contributed by atoms with E-state index >= 15 is 0 Å². The monoisotopic (exact) mass is 274 g/mol. The Kier molecular flexibility index (Phi) is 3.26. The van der Waals surface area contributed by atoms with Gasteiger partial charge in [0.15, 0.2) is 0 Å². The van der Waals surface area contributed by atoms with Crippen LogP contribution in [0.25, 0.3) is 0 Å². The predicted molar refractivity (Wildman–Crippen MR) is 58.4 cm³/mol. The minimum absolute atomic E-state index is 0.189. The highest BCUT2D eigenvalue weighted by atomic mass is 79.9. The number of ether oxygens (including phenoxy) is 1. The highest BCUT2D eigenvalue weighted by Crippen LogP contribution is 2.27. The molecule has 0 radical (unpaired) electrons. The number of hydrogen-bond donors (Lipinski definition) is 1. The summed E-state index contributed by atoms with van der Waals surface area (Å²) < 4.78 is 19.1. The lowest BCUT2D eigenvalue weighted by molar-refractivity contribution is 0.0602. The van der Waals surface area contributed by atoms with Crippen LogP contribution in [0.15, 0.2) is 22.7 Å². The Bertz CT molecular complexity index is 356. The molecule has 4 heteroatoms. The lowest BCUT2D eigenvalue weighted by Crippen LogP contribution is -2.25. The van der Waals surface area contributed by atoms with Crippen molar-refractivity contribution in [1.29, 1.82) is 0 Å². The van der Waals surface area contributed by atoms with Crippen LogP contribution in [0, 0.1) is 5.82 Å². The van der Waals surface area contributed by atoms with Gasteiger partial charge < -0.3 is 9.84 Å². The SMILES string of the molecule is OC1CCCC1Oc1ccc(Br)c(F)c1. The summed E-state index contributed by atoms with van der Waals surface area (Å²) in [5, 5.41) is 9.55. The average molecular weight is 275 g/mol. The van der Waals surface area contributed by atoms with Crippen molar-refractivity contribution in [1.82, 2.24) is 0 Å². The van der Waals surface area contributed by atoms with Crippen molar-refractivity contribution in [2.45, 2.75) is 31.5 Å². The fourth-order valence-corrected chi connectivity index (χ4v) is 2.02. The van der Waals surface area contributed by atoms with Gasteiger partial charge in [0.1, 0.15) is 17.7 Å². The van der Waals surface area contributed by atoms with Crippen molar-refractivity contribution in [3.8, 4) is 5.75 Å². The molecule has 2 nitrogen and oxygen atoms in total. The topological polar surface area (TPSA) is 29.5 Å². The lowest BCUT2D eigenvalue weighted by atomic mass is 10.2. The van der Waals surface area contributed by atoms with Crippen molar-refractivity contribution in [3.05, 3.63) is 28.5 Å². The van der Waals surface area contributed by atoms with Gasteiger partial charge in [-0.05, 0) is 47.3 Å². The standard InChI is InChI=1S/C11H12BrFO2/c12-8-5-4-7(6-9(8)13)15-11-3-1-2-10(11)14/h4-6,10-11,14H,1-3H2. The number of aliphatic hydroxyl groups excluding tert-OH is 1. The van der Waals surface area contributed by atoms with Crippen molar-refractivity contribution >= 4 is 15.9 Å². The van der Waals surface area contributed by atoms with E-state index in [4.69, 9.17) is 4.74 Å². The predicted octanol–water partition coefficient (Wildman–Crippen LogP) is 2.88. The molecule has 1 N–H and O–H groups in total. The van der Waals surface area contributed by atoms with Crippen LogP contribution in [0.2, 0.25) is 0 Å². The van der Waals surface area contributed by atoms with Gasteiger partial charge >= 0.3 is 0 Å². The molecule has 0 heterocycles. The molecular weight excluding hydrogens is 263 g/mol. The van der Waals surface area contributed by atoms with Crippen LogP contribution in [0.1, 0.15) is 19.3 Å². The minimum Gasteiger partial charge on any atom is -0.488 e.